The summed E-state index contributed by atoms with van der Waals surface area (Å²) < 4.78 is 27.1. The number of rotatable bonds is 7. The number of carbonyl (C=O) groups is 1. The number of nitrogens with one attached hydrogen (secondary N) is 2. The van der Waals surface area contributed by atoms with Crippen LogP contribution in [0, 0.1) is 0 Å². The van der Waals surface area contributed by atoms with E-state index in [1.807, 2.05) is 36.5 Å². The van der Waals surface area contributed by atoms with E-state index in [-0.39, 0.29) is 17.2 Å². The predicted molar refractivity (Wildman–Crippen MR) is 104 cm³/mol. The molecule has 3 rings (SSSR count). The topological polar surface area (TPSA) is 93.1 Å². The molecule has 27 heavy (non-hydrogen) atoms. The first-order chi connectivity index (χ1) is 12.9. The second-order valence-electron chi connectivity index (χ2n) is 6.13. The Morgan fingerprint density at radius 2 is 1.74 bits per heavy atom. The molecular weight excluding hydrogens is 364 g/mol. The van der Waals surface area contributed by atoms with Gasteiger partial charge in [0.1, 0.15) is 0 Å². The number of aromatic nitrogens is 2. The summed E-state index contributed by atoms with van der Waals surface area (Å²) in [6.07, 6.45) is 4.61. The molecule has 0 aliphatic rings. The van der Waals surface area contributed by atoms with E-state index in [4.69, 9.17) is 0 Å². The van der Waals surface area contributed by atoms with Crippen molar-refractivity contribution in [2.75, 3.05) is 11.0 Å². The maximum absolute atomic E-state index is 12.4. The Morgan fingerprint density at radius 1 is 1.04 bits per heavy atom. The number of nitrogens with zero attached hydrogens (tertiary/aromatic N) is 2. The van der Waals surface area contributed by atoms with Crippen LogP contribution in [-0.4, -0.2) is 30.4 Å². The van der Waals surface area contributed by atoms with Crippen LogP contribution in [0.1, 0.15) is 21.5 Å². The minimum absolute atomic E-state index is 0.247. The summed E-state index contributed by atoms with van der Waals surface area (Å²) in [4.78, 5) is 12.4. The maximum Gasteiger partial charge on any atom is 0.253 e. The molecule has 1 aromatic heterocycles. The number of amides is 1. The number of hydrogen-bond acceptors (Lipinski definition) is 4. The molecule has 0 aliphatic carbocycles. The van der Waals surface area contributed by atoms with Crippen molar-refractivity contribution in [3.05, 3.63) is 83.7 Å². The average molecular weight is 384 g/mol. The summed E-state index contributed by atoms with van der Waals surface area (Å²) >= 11 is 0. The van der Waals surface area contributed by atoms with Gasteiger partial charge in [0.05, 0.1) is 30.2 Å². The Morgan fingerprint density at radius 3 is 2.48 bits per heavy atom. The predicted octanol–water partition coefficient (Wildman–Crippen LogP) is 2.23. The fourth-order valence-electron chi connectivity index (χ4n) is 2.60. The lowest BCUT2D eigenvalue weighted by Crippen LogP contribution is -2.24. The van der Waals surface area contributed by atoms with Crippen molar-refractivity contribution in [3.63, 3.8) is 0 Å². The number of sulfonamides is 1. The van der Waals surface area contributed by atoms with E-state index in [0.29, 0.717) is 13.1 Å². The first-order valence-corrected chi connectivity index (χ1v) is 10.2. The summed E-state index contributed by atoms with van der Waals surface area (Å²) in [5.41, 5.74) is 2.50. The quantitative estimate of drug-likeness (QED) is 0.653. The molecule has 8 heteroatoms. The summed E-state index contributed by atoms with van der Waals surface area (Å²) in [5.74, 6) is -0.363. The Balaban J connectivity index is 1.63. The SMILES string of the molecule is CS(=O)(=O)Nc1ccccc1C(=O)NCc1cnn(Cc2ccccc2)c1. The minimum atomic E-state index is -3.47. The van der Waals surface area contributed by atoms with Gasteiger partial charge in [0.15, 0.2) is 0 Å². The number of hydrogen-bond donors (Lipinski definition) is 2. The third-order valence-electron chi connectivity index (χ3n) is 3.79. The van der Waals surface area contributed by atoms with Crippen LogP contribution in [0.15, 0.2) is 67.0 Å². The van der Waals surface area contributed by atoms with Crippen LogP contribution in [0.2, 0.25) is 0 Å². The number of para-hydroxylation sites is 1. The number of benzene rings is 2. The molecule has 0 saturated carbocycles. The average Bonchev–Trinajstić information content (AvgIpc) is 3.07. The van der Waals surface area contributed by atoms with Gasteiger partial charge in [0, 0.05) is 18.3 Å². The van der Waals surface area contributed by atoms with Crippen LogP contribution in [0.3, 0.4) is 0 Å². The molecule has 0 atom stereocenters. The third-order valence-corrected chi connectivity index (χ3v) is 4.38. The largest absolute Gasteiger partial charge is 0.348 e. The Bertz CT molecular complexity index is 1030. The van der Waals surface area contributed by atoms with Crippen LogP contribution in [-0.2, 0) is 23.1 Å². The van der Waals surface area contributed by atoms with Crippen LogP contribution in [0.4, 0.5) is 5.69 Å². The molecular formula is C19H20N4O3S. The fraction of sp³-hybridized carbons (Fsp3) is 0.158. The van der Waals surface area contributed by atoms with Gasteiger partial charge in [-0.25, -0.2) is 8.42 Å². The highest BCUT2D eigenvalue weighted by Crippen LogP contribution is 2.16. The van der Waals surface area contributed by atoms with Gasteiger partial charge in [0.25, 0.3) is 5.91 Å². The molecule has 1 heterocycles. The zero-order valence-electron chi connectivity index (χ0n) is 14.8. The molecule has 7 nitrogen and oxygen atoms in total. The Labute approximate surface area is 158 Å². The van der Waals surface area contributed by atoms with Crippen molar-refractivity contribution in [1.29, 1.82) is 0 Å². The van der Waals surface area contributed by atoms with E-state index in [9.17, 15) is 13.2 Å². The summed E-state index contributed by atoms with van der Waals surface area (Å²) in [7, 11) is -3.47. The van der Waals surface area contributed by atoms with Gasteiger partial charge in [-0.05, 0) is 17.7 Å². The molecule has 0 aliphatic heterocycles. The molecule has 140 valence electrons. The normalized spacial score (nSPS) is 11.1. The van der Waals surface area contributed by atoms with Crippen LogP contribution in [0.5, 0.6) is 0 Å². The van der Waals surface area contributed by atoms with E-state index in [0.717, 1.165) is 17.4 Å². The molecule has 2 aromatic carbocycles. The van der Waals surface area contributed by atoms with Crippen LogP contribution < -0.4 is 10.0 Å². The van der Waals surface area contributed by atoms with Gasteiger partial charge in [-0.1, -0.05) is 42.5 Å². The third kappa shape index (κ3) is 5.42. The summed E-state index contributed by atoms with van der Waals surface area (Å²) in [5, 5.41) is 7.09. The fourth-order valence-corrected chi connectivity index (χ4v) is 3.18. The van der Waals surface area contributed by atoms with E-state index >= 15 is 0 Å². The van der Waals surface area contributed by atoms with Gasteiger partial charge in [0.2, 0.25) is 10.0 Å². The Kier molecular flexibility index (Phi) is 5.56. The second kappa shape index (κ2) is 8.05. The molecule has 0 fully saturated rings. The molecule has 0 spiro atoms. The summed E-state index contributed by atoms with van der Waals surface area (Å²) in [6, 6.07) is 16.4. The molecule has 2 N–H and O–H groups in total. The smallest absolute Gasteiger partial charge is 0.253 e. The van der Waals surface area contributed by atoms with Crippen LogP contribution in [0.25, 0.3) is 0 Å². The number of anilines is 1. The van der Waals surface area contributed by atoms with Crippen molar-refractivity contribution >= 4 is 21.6 Å². The van der Waals surface area contributed by atoms with Crippen molar-refractivity contribution in [1.82, 2.24) is 15.1 Å². The van der Waals surface area contributed by atoms with Gasteiger partial charge < -0.3 is 5.32 Å². The van der Waals surface area contributed by atoms with Crippen LogP contribution >= 0.6 is 0 Å². The maximum atomic E-state index is 12.4. The summed E-state index contributed by atoms with van der Waals surface area (Å²) in [6.45, 7) is 0.941. The van der Waals surface area contributed by atoms with Crippen molar-refractivity contribution in [2.24, 2.45) is 0 Å². The van der Waals surface area contributed by atoms with E-state index in [2.05, 4.69) is 15.1 Å². The zero-order chi connectivity index (χ0) is 19.3. The lowest BCUT2D eigenvalue weighted by atomic mass is 10.1. The van der Waals surface area contributed by atoms with Crippen molar-refractivity contribution < 1.29 is 13.2 Å². The zero-order valence-corrected chi connectivity index (χ0v) is 15.6. The van der Waals surface area contributed by atoms with Gasteiger partial charge >= 0.3 is 0 Å². The lowest BCUT2D eigenvalue weighted by Gasteiger charge is -2.10. The Hall–Kier alpha value is -3.13. The van der Waals surface area contributed by atoms with Crippen molar-refractivity contribution in [3.8, 4) is 0 Å². The molecule has 0 unspecified atom stereocenters. The minimum Gasteiger partial charge on any atom is -0.348 e. The molecule has 3 aromatic rings. The second-order valence-corrected chi connectivity index (χ2v) is 7.88. The molecule has 1 amide bonds. The molecule has 0 bridgehead atoms. The molecule has 0 radical (unpaired) electrons. The van der Waals surface area contributed by atoms with E-state index in [1.54, 1.807) is 35.1 Å². The lowest BCUT2D eigenvalue weighted by molar-refractivity contribution is 0.0952. The van der Waals surface area contributed by atoms with Gasteiger partial charge in [-0.15, -0.1) is 0 Å². The molecule has 0 saturated heterocycles. The van der Waals surface area contributed by atoms with Gasteiger partial charge in [-0.3, -0.25) is 14.2 Å². The highest BCUT2D eigenvalue weighted by Gasteiger charge is 2.13. The first-order valence-electron chi connectivity index (χ1n) is 8.31. The van der Waals surface area contributed by atoms with Crippen molar-refractivity contribution in [2.45, 2.75) is 13.1 Å². The standard InChI is InChI=1S/C19H20N4O3S/c1-27(25,26)22-18-10-6-5-9-17(18)19(24)20-11-16-12-21-23(14-16)13-15-7-3-2-4-8-15/h2-10,12,14,22H,11,13H2,1H3,(H,20,24). The first kappa shape index (κ1) is 18.7. The number of carbonyl (C=O) groups excluding carboxylic acids is 1. The van der Waals surface area contributed by atoms with E-state index < -0.39 is 10.0 Å². The van der Waals surface area contributed by atoms with E-state index in [1.165, 1.54) is 0 Å². The highest BCUT2D eigenvalue weighted by molar-refractivity contribution is 7.92. The van der Waals surface area contributed by atoms with Gasteiger partial charge in [-0.2, -0.15) is 5.10 Å². The monoisotopic (exact) mass is 384 g/mol. The highest BCUT2D eigenvalue weighted by atomic mass is 32.2.